The predicted molar refractivity (Wildman–Crippen MR) is 95.9 cm³/mol. The van der Waals surface area contributed by atoms with Crippen molar-refractivity contribution >= 4 is 11.8 Å². The lowest BCUT2D eigenvalue weighted by atomic mass is 10.1. The van der Waals surface area contributed by atoms with Gasteiger partial charge in [-0.3, -0.25) is 9.59 Å². The minimum absolute atomic E-state index is 0.259. The lowest BCUT2D eigenvalue weighted by Crippen LogP contribution is -2.48. The van der Waals surface area contributed by atoms with Gasteiger partial charge in [-0.1, -0.05) is 13.8 Å². The number of nitrogens with zero attached hydrogens (tertiary/aromatic N) is 4. The van der Waals surface area contributed by atoms with E-state index in [1.807, 2.05) is 9.80 Å². The molecule has 138 valence electrons. The van der Waals surface area contributed by atoms with Crippen molar-refractivity contribution < 1.29 is 9.59 Å². The first kappa shape index (κ1) is 19.2. The van der Waals surface area contributed by atoms with E-state index in [1.165, 1.54) is 0 Å². The molecular formula is C18H34N4O2. The lowest BCUT2D eigenvalue weighted by Gasteiger charge is -2.34. The van der Waals surface area contributed by atoms with Gasteiger partial charge in [0.15, 0.2) is 0 Å². The van der Waals surface area contributed by atoms with E-state index < -0.39 is 0 Å². The molecule has 2 fully saturated rings. The fraction of sp³-hybridized carbons (Fsp3) is 0.889. The summed E-state index contributed by atoms with van der Waals surface area (Å²) in [5.74, 6) is 0.518. The van der Waals surface area contributed by atoms with Gasteiger partial charge >= 0.3 is 0 Å². The van der Waals surface area contributed by atoms with E-state index >= 15 is 0 Å². The number of carbonyl (C=O) groups is 2. The third-order valence-corrected chi connectivity index (χ3v) is 5.38. The normalized spacial score (nSPS) is 20.4. The second kappa shape index (κ2) is 9.99. The molecule has 0 atom stereocenters. The highest BCUT2D eigenvalue weighted by molar-refractivity contribution is 5.77. The summed E-state index contributed by atoms with van der Waals surface area (Å²) in [5.41, 5.74) is 0. The van der Waals surface area contributed by atoms with Crippen molar-refractivity contribution in [1.82, 2.24) is 19.6 Å². The smallest absolute Gasteiger partial charge is 0.222 e. The van der Waals surface area contributed by atoms with Crippen LogP contribution in [-0.4, -0.2) is 96.9 Å². The number of amides is 2. The standard InChI is InChI=1S/C18H34N4O2/c1-3-19-9-13-21(14-10-19)17(23)7-5-6-8-18(24)22-15-11-20(4-2)12-16-22/h3-16H2,1-2H3. The summed E-state index contributed by atoms with van der Waals surface area (Å²) in [6.45, 7) is 13.8. The molecule has 24 heavy (non-hydrogen) atoms. The van der Waals surface area contributed by atoms with Crippen LogP contribution in [0.1, 0.15) is 39.5 Å². The Morgan fingerprint density at radius 1 is 0.625 bits per heavy atom. The van der Waals surface area contributed by atoms with E-state index in [4.69, 9.17) is 0 Å². The van der Waals surface area contributed by atoms with Crippen LogP contribution in [0, 0.1) is 0 Å². The first-order valence-corrected chi connectivity index (χ1v) is 9.64. The highest BCUT2D eigenvalue weighted by atomic mass is 16.2. The second-order valence-electron chi connectivity index (χ2n) is 6.84. The molecule has 0 aromatic heterocycles. The van der Waals surface area contributed by atoms with Crippen molar-refractivity contribution in [3.63, 3.8) is 0 Å². The summed E-state index contributed by atoms with van der Waals surface area (Å²) in [7, 11) is 0. The van der Waals surface area contributed by atoms with Crippen molar-refractivity contribution in [3.8, 4) is 0 Å². The van der Waals surface area contributed by atoms with Crippen LogP contribution in [0.4, 0.5) is 0 Å². The molecule has 2 heterocycles. The Balaban J connectivity index is 1.56. The van der Waals surface area contributed by atoms with E-state index in [-0.39, 0.29) is 11.8 Å². The summed E-state index contributed by atoms with van der Waals surface area (Å²) >= 11 is 0. The maximum atomic E-state index is 12.2. The van der Waals surface area contributed by atoms with Crippen molar-refractivity contribution in [3.05, 3.63) is 0 Å². The van der Waals surface area contributed by atoms with Gasteiger partial charge in [0.05, 0.1) is 0 Å². The molecule has 2 amide bonds. The van der Waals surface area contributed by atoms with E-state index in [1.54, 1.807) is 0 Å². The SMILES string of the molecule is CCN1CCN(C(=O)CCCCC(=O)N2CCN(CC)CC2)CC1. The Labute approximate surface area is 146 Å². The first-order chi connectivity index (χ1) is 11.6. The number of carbonyl (C=O) groups excluding carboxylic acids is 2. The molecule has 6 nitrogen and oxygen atoms in total. The van der Waals surface area contributed by atoms with Crippen molar-refractivity contribution in [2.24, 2.45) is 0 Å². The van der Waals surface area contributed by atoms with Gasteiger partial charge in [-0.25, -0.2) is 0 Å². The number of likely N-dealkylation sites (N-methyl/N-ethyl adjacent to an activating group) is 2. The van der Waals surface area contributed by atoms with Crippen LogP contribution in [0.2, 0.25) is 0 Å². The number of hydrogen-bond acceptors (Lipinski definition) is 4. The Kier molecular flexibility index (Phi) is 7.99. The quantitative estimate of drug-likeness (QED) is 0.647. The molecular weight excluding hydrogens is 304 g/mol. The molecule has 0 saturated carbocycles. The van der Waals surface area contributed by atoms with E-state index in [0.29, 0.717) is 12.8 Å². The molecule has 0 aliphatic carbocycles. The van der Waals surface area contributed by atoms with Gasteiger partial charge in [0.2, 0.25) is 11.8 Å². The van der Waals surface area contributed by atoms with Crippen LogP contribution in [0.3, 0.4) is 0 Å². The third-order valence-electron chi connectivity index (χ3n) is 5.38. The number of rotatable bonds is 7. The van der Waals surface area contributed by atoms with Gasteiger partial charge in [-0.05, 0) is 25.9 Å². The molecule has 0 spiro atoms. The monoisotopic (exact) mass is 338 g/mol. The molecule has 0 unspecified atom stereocenters. The van der Waals surface area contributed by atoms with Crippen LogP contribution in [0.15, 0.2) is 0 Å². The van der Waals surface area contributed by atoms with Gasteiger partial charge in [0, 0.05) is 65.2 Å². The van der Waals surface area contributed by atoms with Crippen LogP contribution >= 0.6 is 0 Å². The third kappa shape index (κ3) is 5.74. The Bertz CT molecular complexity index is 362. The summed E-state index contributed by atoms with van der Waals surface area (Å²) in [4.78, 5) is 33.1. The topological polar surface area (TPSA) is 47.1 Å². The molecule has 0 radical (unpaired) electrons. The maximum Gasteiger partial charge on any atom is 0.222 e. The van der Waals surface area contributed by atoms with Gasteiger partial charge < -0.3 is 19.6 Å². The average molecular weight is 338 g/mol. The molecule has 2 aliphatic heterocycles. The summed E-state index contributed by atoms with van der Waals surface area (Å²) in [6.07, 6.45) is 2.83. The van der Waals surface area contributed by atoms with Crippen molar-refractivity contribution in [2.45, 2.75) is 39.5 Å². The van der Waals surface area contributed by atoms with Crippen LogP contribution < -0.4 is 0 Å². The van der Waals surface area contributed by atoms with E-state index in [0.717, 1.165) is 78.3 Å². The Morgan fingerprint density at radius 3 is 1.25 bits per heavy atom. The number of unbranched alkanes of at least 4 members (excludes halogenated alkanes) is 1. The lowest BCUT2D eigenvalue weighted by molar-refractivity contribution is -0.134. The average Bonchev–Trinajstić information content (AvgIpc) is 2.65. The van der Waals surface area contributed by atoms with Crippen LogP contribution in [0.5, 0.6) is 0 Å². The second-order valence-corrected chi connectivity index (χ2v) is 6.84. The minimum Gasteiger partial charge on any atom is -0.340 e. The highest BCUT2D eigenvalue weighted by Crippen LogP contribution is 2.10. The molecule has 0 N–H and O–H groups in total. The molecule has 6 heteroatoms. The van der Waals surface area contributed by atoms with Gasteiger partial charge in [0.25, 0.3) is 0 Å². The molecule has 0 aromatic carbocycles. The molecule has 0 bridgehead atoms. The minimum atomic E-state index is 0.259. The molecule has 2 aliphatic rings. The number of hydrogen-bond donors (Lipinski definition) is 0. The Morgan fingerprint density at radius 2 is 0.958 bits per heavy atom. The Hall–Kier alpha value is -1.14. The summed E-state index contributed by atoms with van der Waals surface area (Å²) in [6, 6.07) is 0. The van der Waals surface area contributed by atoms with Crippen molar-refractivity contribution in [2.75, 3.05) is 65.4 Å². The zero-order valence-corrected chi connectivity index (χ0v) is 15.5. The largest absolute Gasteiger partial charge is 0.340 e. The summed E-state index contributed by atoms with van der Waals surface area (Å²) in [5, 5.41) is 0. The predicted octanol–water partition coefficient (Wildman–Crippen LogP) is 0.875. The number of piperazine rings is 2. The fourth-order valence-corrected chi connectivity index (χ4v) is 3.50. The van der Waals surface area contributed by atoms with E-state index in [2.05, 4.69) is 23.6 Å². The molecule has 2 rings (SSSR count). The first-order valence-electron chi connectivity index (χ1n) is 9.64. The van der Waals surface area contributed by atoms with Crippen LogP contribution in [0.25, 0.3) is 0 Å². The van der Waals surface area contributed by atoms with E-state index in [9.17, 15) is 9.59 Å². The molecule has 2 saturated heterocycles. The zero-order valence-electron chi connectivity index (χ0n) is 15.5. The van der Waals surface area contributed by atoms with Crippen molar-refractivity contribution in [1.29, 1.82) is 0 Å². The maximum absolute atomic E-state index is 12.2. The summed E-state index contributed by atoms with van der Waals surface area (Å²) < 4.78 is 0. The highest BCUT2D eigenvalue weighted by Gasteiger charge is 2.21. The zero-order chi connectivity index (χ0) is 17.4. The van der Waals surface area contributed by atoms with Crippen LogP contribution in [-0.2, 0) is 9.59 Å². The molecule has 0 aromatic rings. The van der Waals surface area contributed by atoms with Gasteiger partial charge in [-0.2, -0.15) is 0 Å². The van der Waals surface area contributed by atoms with Gasteiger partial charge in [-0.15, -0.1) is 0 Å². The fourth-order valence-electron chi connectivity index (χ4n) is 3.50. The van der Waals surface area contributed by atoms with Gasteiger partial charge in [0.1, 0.15) is 0 Å².